The average Bonchev–Trinajstić information content (AvgIpc) is 3.50. The van der Waals surface area contributed by atoms with Crippen LogP contribution in [0.5, 0.6) is 0 Å². The Kier molecular flexibility index (Phi) is 7.07. The van der Waals surface area contributed by atoms with Gasteiger partial charge in [0.15, 0.2) is 10.8 Å². The van der Waals surface area contributed by atoms with Crippen molar-refractivity contribution in [3.8, 4) is 0 Å². The van der Waals surface area contributed by atoms with E-state index in [0.717, 1.165) is 56.7 Å². The lowest BCUT2D eigenvalue weighted by Gasteiger charge is -2.30. The van der Waals surface area contributed by atoms with E-state index in [2.05, 4.69) is 20.2 Å². The summed E-state index contributed by atoms with van der Waals surface area (Å²) in [7, 11) is 0. The molecule has 0 spiro atoms. The van der Waals surface area contributed by atoms with E-state index in [9.17, 15) is 14.4 Å². The summed E-state index contributed by atoms with van der Waals surface area (Å²) in [5.41, 5.74) is 0.199. The lowest BCUT2D eigenvalue weighted by molar-refractivity contribution is -0.132. The minimum Gasteiger partial charge on any atom is -0.353 e. The largest absolute Gasteiger partial charge is 0.353 e. The Morgan fingerprint density at radius 3 is 2.47 bits per heavy atom. The molecule has 2 aromatic heterocycles. The zero-order valence-corrected chi connectivity index (χ0v) is 19.7. The number of fused-ring (bicyclic) bond motifs is 1. The van der Waals surface area contributed by atoms with E-state index >= 15 is 0 Å². The van der Waals surface area contributed by atoms with Gasteiger partial charge in [-0.2, -0.15) is 4.98 Å². The number of hydrogen-bond acceptors (Lipinski definition) is 7. The van der Waals surface area contributed by atoms with Crippen LogP contribution in [0.25, 0.3) is 10.3 Å². The standard InChI is InChI=1S/C22H32N6O3S/c1-3-9-26(10-4-2)17(29)13-28-14-23-19-18(21(28)31)32-22(25-19)27-11-7-15(8-12-27)20(30)24-16-5-6-16/h14-16H,3-13H2,1-2H3,(H,24,30). The highest BCUT2D eigenvalue weighted by atomic mass is 32.1. The maximum Gasteiger partial charge on any atom is 0.273 e. The first-order chi connectivity index (χ1) is 15.5. The Labute approximate surface area is 191 Å². The molecule has 0 unspecified atom stereocenters. The molecule has 2 amide bonds. The van der Waals surface area contributed by atoms with Crippen molar-refractivity contribution in [2.75, 3.05) is 31.1 Å². The Morgan fingerprint density at radius 1 is 1.16 bits per heavy atom. The van der Waals surface area contributed by atoms with Crippen LogP contribution in [0.2, 0.25) is 0 Å². The van der Waals surface area contributed by atoms with Crippen LogP contribution in [-0.4, -0.2) is 63.5 Å². The lowest BCUT2D eigenvalue weighted by atomic mass is 9.96. The first-order valence-electron chi connectivity index (χ1n) is 11.7. The van der Waals surface area contributed by atoms with Crippen molar-refractivity contribution in [1.82, 2.24) is 24.8 Å². The maximum absolute atomic E-state index is 13.0. The molecule has 0 radical (unpaired) electrons. The van der Waals surface area contributed by atoms with Crippen LogP contribution in [0.1, 0.15) is 52.4 Å². The van der Waals surface area contributed by atoms with Gasteiger partial charge >= 0.3 is 0 Å². The van der Waals surface area contributed by atoms with Crippen LogP contribution in [0.15, 0.2) is 11.1 Å². The van der Waals surface area contributed by atoms with Crippen LogP contribution in [-0.2, 0) is 16.1 Å². The molecule has 1 saturated heterocycles. The summed E-state index contributed by atoms with van der Waals surface area (Å²) in [5.74, 6) is 0.163. The monoisotopic (exact) mass is 460 g/mol. The molecular weight excluding hydrogens is 428 g/mol. The molecule has 2 aromatic rings. The number of rotatable bonds is 9. The number of carbonyl (C=O) groups is 2. The number of aromatic nitrogens is 3. The normalized spacial score (nSPS) is 17.0. The van der Waals surface area contributed by atoms with Gasteiger partial charge in [-0.15, -0.1) is 0 Å². The van der Waals surface area contributed by atoms with Crippen molar-refractivity contribution >= 4 is 38.6 Å². The molecule has 0 atom stereocenters. The Morgan fingerprint density at radius 2 is 1.84 bits per heavy atom. The van der Waals surface area contributed by atoms with Gasteiger partial charge in [-0.3, -0.25) is 19.0 Å². The molecule has 10 heteroatoms. The van der Waals surface area contributed by atoms with Crippen LogP contribution in [0, 0.1) is 5.92 Å². The molecule has 174 valence electrons. The average molecular weight is 461 g/mol. The first kappa shape index (κ1) is 22.7. The summed E-state index contributed by atoms with van der Waals surface area (Å²) in [6.07, 6.45) is 6.96. The predicted molar refractivity (Wildman–Crippen MR) is 125 cm³/mol. The number of anilines is 1. The number of nitrogens with one attached hydrogen (secondary N) is 1. The summed E-state index contributed by atoms with van der Waals surface area (Å²) < 4.78 is 1.86. The number of thiazole rings is 1. The molecule has 9 nitrogen and oxygen atoms in total. The second kappa shape index (κ2) is 9.97. The van der Waals surface area contributed by atoms with E-state index in [1.54, 1.807) is 4.90 Å². The quantitative estimate of drug-likeness (QED) is 0.614. The zero-order chi connectivity index (χ0) is 22.7. The molecule has 32 heavy (non-hydrogen) atoms. The van der Waals surface area contributed by atoms with E-state index in [0.29, 0.717) is 29.5 Å². The Hall–Kier alpha value is -2.49. The molecule has 1 N–H and O–H groups in total. The molecular formula is C22H32N6O3S. The molecule has 0 bridgehead atoms. The highest BCUT2D eigenvalue weighted by molar-refractivity contribution is 7.22. The minimum atomic E-state index is -0.223. The van der Waals surface area contributed by atoms with Gasteiger partial charge in [-0.05, 0) is 38.5 Å². The second-order valence-corrected chi connectivity index (χ2v) is 9.73. The predicted octanol–water partition coefficient (Wildman–Crippen LogP) is 2.00. The summed E-state index contributed by atoms with van der Waals surface area (Å²) in [6.45, 7) is 6.92. The van der Waals surface area contributed by atoms with E-state index in [-0.39, 0.29) is 29.8 Å². The fourth-order valence-corrected chi connectivity index (χ4v) is 5.13. The summed E-state index contributed by atoms with van der Waals surface area (Å²) >= 11 is 1.32. The van der Waals surface area contributed by atoms with Gasteiger partial charge in [0.2, 0.25) is 11.8 Å². The number of amides is 2. The number of hydrogen-bond donors (Lipinski definition) is 1. The van der Waals surface area contributed by atoms with Gasteiger partial charge in [0, 0.05) is 38.1 Å². The van der Waals surface area contributed by atoms with Crippen molar-refractivity contribution in [3.05, 3.63) is 16.7 Å². The molecule has 4 rings (SSSR count). The van der Waals surface area contributed by atoms with E-state index in [1.807, 2.05) is 13.8 Å². The third kappa shape index (κ3) is 5.11. The summed E-state index contributed by atoms with van der Waals surface area (Å²) in [6, 6.07) is 0.390. The number of nitrogens with zero attached hydrogens (tertiary/aromatic N) is 5. The molecule has 1 aliphatic carbocycles. The van der Waals surface area contributed by atoms with Crippen molar-refractivity contribution in [1.29, 1.82) is 0 Å². The molecule has 3 heterocycles. The topological polar surface area (TPSA) is 100 Å². The summed E-state index contributed by atoms with van der Waals surface area (Å²) in [4.78, 5) is 50.8. The second-order valence-electron chi connectivity index (χ2n) is 8.75. The zero-order valence-electron chi connectivity index (χ0n) is 18.9. The molecule has 1 aliphatic heterocycles. The first-order valence-corrected chi connectivity index (χ1v) is 12.5. The Bertz CT molecular complexity index is 1020. The van der Waals surface area contributed by atoms with Crippen molar-refractivity contribution < 1.29 is 9.59 Å². The van der Waals surface area contributed by atoms with Crippen LogP contribution < -0.4 is 15.8 Å². The van der Waals surface area contributed by atoms with Crippen molar-refractivity contribution in [2.24, 2.45) is 5.92 Å². The fraction of sp³-hybridized carbons (Fsp3) is 0.682. The van der Waals surface area contributed by atoms with E-state index < -0.39 is 0 Å². The highest BCUT2D eigenvalue weighted by Gasteiger charge is 2.31. The smallest absolute Gasteiger partial charge is 0.273 e. The van der Waals surface area contributed by atoms with Crippen molar-refractivity contribution in [2.45, 2.75) is 65.0 Å². The highest BCUT2D eigenvalue weighted by Crippen LogP contribution is 2.30. The van der Waals surface area contributed by atoms with Gasteiger partial charge in [-0.25, -0.2) is 4.98 Å². The molecule has 2 fully saturated rings. The maximum atomic E-state index is 13.0. The SMILES string of the molecule is CCCN(CCC)C(=O)Cn1cnc2nc(N3CCC(C(=O)NC4CC4)CC3)sc2c1=O. The van der Waals surface area contributed by atoms with E-state index in [1.165, 1.54) is 22.2 Å². The van der Waals surface area contributed by atoms with Gasteiger partial charge in [0.05, 0.1) is 0 Å². The molecule has 0 aromatic carbocycles. The van der Waals surface area contributed by atoms with Gasteiger partial charge in [0.25, 0.3) is 5.56 Å². The molecule has 1 saturated carbocycles. The van der Waals surface area contributed by atoms with Crippen LogP contribution in [0.4, 0.5) is 5.13 Å². The van der Waals surface area contributed by atoms with Crippen LogP contribution in [0.3, 0.4) is 0 Å². The third-order valence-corrected chi connectivity index (χ3v) is 7.17. The van der Waals surface area contributed by atoms with Crippen LogP contribution >= 0.6 is 11.3 Å². The Balaban J connectivity index is 1.43. The summed E-state index contributed by atoms with van der Waals surface area (Å²) in [5, 5.41) is 3.85. The number of carbonyl (C=O) groups excluding carboxylic acids is 2. The third-order valence-electron chi connectivity index (χ3n) is 6.08. The number of piperidine rings is 1. The van der Waals surface area contributed by atoms with Gasteiger partial charge in [-0.1, -0.05) is 25.2 Å². The van der Waals surface area contributed by atoms with Gasteiger partial charge < -0.3 is 15.1 Å². The fourth-order valence-electron chi connectivity index (χ4n) is 4.11. The molecule has 2 aliphatic rings. The van der Waals surface area contributed by atoms with Gasteiger partial charge in [0.1, 0.15) is 17.6 Å². The minimum absolute atomic E-state index is 0.00347. The van der Waals surface area contributed by atoms with Crippen molar-refractivity contribution in [3.63, 3.8) is 0 Å². The van der Waals surface area contributed by atoms with E-state index in [4.69, 9.17) is 0 Å². The lowest BCUT2D eigenvalue weighted by Crippen LogP contribution is -2.41.